The van der Waals surface area contributed by atoms with Gasteiger partial charge in [0.15, 0.2) is 5.60 Å². The zero-order valence-corrected chi connectivity index (χ0v) is 18.0. The van der Waals surface area contributed by atoms with E-state index < -0.39 is 5.60 Å². The van der Waals surface area contributed by atoms with Gasteiger partial charge in [-0.25, -0.2) is 0 Å². The van der Waals surface area contributed by atoms with Gasteiger partial charge in [0.25, 0.3) is 5.91 Å². The molecule has 2 atom stereocenters. The molecule has 1 N–H and O–H groups in total. The minimum atomic E-state index is -0.768. The summed E-state index contributed by atoms with van der Waals surface area (Å²) in [5, 5.41) is 3.29. The van der Waals surface area contributed by atoms with Crippen molar-refractivity contribution in [1.82, 2.24) is 10.2 Å². The van der Waals surface area contributed by atoms with Gasteiger partial charge in [-0.2, -0.15) is 0 Å². The number of ether oxygens (including phenoxy) is 2. The molecule has 4 rings (SSSR count). The fourth-order valence-electron chi connectivity index (χ4n) is 4.76. The Kier molecular flexibility index (Phi) is 6.40. The van der Waals surface area contributed by atoms with E-state index in [9.17, 15) is 4.79 Å². The highest BCUT2D eigenvalue weighted by atomic mass is 16.5. The second-order valence-electron chi connectivity index (χ2n) is 8.60. The summed E-state index contributed by atoms with van der Waals surface area (Å²) >= 11 is 0. The van der Waals surface area contributed by atoms with Gasteiger partial charge in [-0.05, 0) is 56.5 Å². The van der Waals surface area contributed by atoms with Crippen molar-refractivity contribution >= 4 is 5.91 Å². The van der Waals surface area contributed by atoms with Crippen molar-refractivity contribution < 1.29 is 14.3 Å². The Morgan fingerprint density at radius 3 is 2.87 bits per heavy atom. The van der Waals surface area contributed by atoms with Gasteiger partial charge >= 0.3 is 0 Å². The molecule has 2 aromatic carbocycles. The van der Waals surface area contributed by atoms with Gasteiger partial charge in [0.05, 0.1) is 7.11 Å². The van der Waals surface area contributed by atoms with Gasteiger partial charge in [0.1, 0.15) is 5.75 Å². The molecule has 0 spiro atoms. The highest BCUT2D eigenvalue weighted by Gasteiger charge is 2.43. The Morgan fingerprint density at radius 1 is 1.23 bits per heavy atom. The average Bonchev–Trinajstić information content (AvgIpc) is 3.24. The number of amides is 1. The summed E-state index contributed by atoms with van der Waals surface area (Å²) in [5.74, 6) is 0.892. The summed E-state index contributed by atoms with van der Waals surface area (Å²) in [6.45, 7) is 2.65. The van der Waals surface area contributed by atoms with Crippen LogP contribution in [0.5, 0.6) is 5.75 Å². The number of likely N-dealkylation sites (N-methyl/N-ethyl adjacent to an activating group) is 1. The van der Waals surface area contributed by atoms with Crippen molar-refractivity contribution in [3.05, 3.63) is 54.1 Å². The Morgan fingerprint density at radius 2 is 2.10 bits per heavy atom. The lowest BCUT2D eigenvalue weighted by molar-refractivity contribution is -0.142. The number of methoxy groups -OCH3 is 1. The minimum Gasteiger partial charge on any atom is -0.496 e. The maximum Gasteiger partial charge on any atom is 0.252 e. The number of likely N-dealkylation sites (tertiary alicyclic amines) is 1. The molecule has 0 aliphatic carbocycles. The first-order valence-electron chi connectivity index (χ1n) is 11.0. The first kappa shape index (κ1) is 20.9. The van der Waals surface area contributed by atoms with E-state index in [1.54, 1.807) is 7.11 Å². The topological polar surface area (TPSA) is 50.8 Å². The minimum absolute atomic E-state index is 0.0444. The molecule has 1 amide bonds. The fraction of sp³-hybridized carbons (Fsp3) is 0.480. The number of hydrogen-bond acceptors (Lipinski definition) is 4. The predicted octanol–water partition coefficient (Wildman–Crippen LogP) is 3.66. The molecule has 2 aliphatic rings. The van der Waals surface area contributed by atoms with Gasteiger partial charge in [0.2, 0.25) is 0 Å². The molecule has 5 nitrogen and oxygen atoms in total. The van der Waals surface area contributed by atoms with Gasteiger partial charge in [-0.1, -0.05) is 42.5 Å². The van der Waals surface area contributed by atoms with Gasteiger partial charge < -0.3 is 19.7 Å². The van der Waals surface area contributed by atoms with Crippen LogP contribution in [-0.2, 0) is 16.0 Å². The molecule has 2 fully saturated rings. The molecule has 0 bridgehead atoms. The predicted molar refractivity (Wildman–Crippen MR) is 119 cm³/mol. The first-order chi connectivity index (χ1) is 14.6. The van der Waals surface area contributed by atoms with Crippen LogP contribution in [0, 0.1) is 0 Å². The number of nitrogens with zero attached hydrogens (tertiary/aromatic N) is 1. The van der Waals surface area contributed by atoms with E-state index in [0.29, 0.717) is 13.0 Å². The Hall–Kier alpha value is -2.37. The van der Waals surface area contributed by atoms with Crippen molar-refractivity contribution in [3.8, 4) is 16.9 Å². The van der Waals surface area contributed by atoms with Crippen LogP contribution in [0.3, 0.4) is 0 Å². The van der Waals surface area contributed by atoms with Crippen molar-refractivity contribution in [2.24, 2.45) is 0 Å². The van der Waals surface area contributed by atoms with Crippen molar-refractivity contribution in [2.75, 3.05) is 33.9 Å². The highest BCUT2D eigenvalue weighted by Crippen LogP contribution is 2.34. The average molecular weight is 409 g/mol. The molecule has 30 heavy (non-hydrogen) atoms. The lowest BCUT2D eigenvalue weighted by Gasteiger charge is -2.34. The van der Waals surface area contributed by atoms with Crippen molar-refractivity contribution in [2.45, 2.75) is 43.7 Å². The molecule has 0 saturated carbocycles. The van der Waals surface area contributed by atoms with Crippen LogP contribution in [0.2, 0.25) is 0 Å². The zero-order chi connectivity index (χ0) is 21.0. The Balaban J connectivity index is 1.54. The number of hydrogen-bond donors (Lipinski definition) is 1. The van der Waals surface area contributed by atoms with E-state index in [0.717, 1.165) is 61.2 Å². The molecule has 2 aromatic rings. The van der Waals surface area contributed by atoms with Crippen LogP contribution in [-0.4, -0.2) is 56.3 Å². The Labute approximate surface area is 179 Å². The number of rotatable bonds is 6. The van der Waals surface area contributed by atoms with E-state index in [1.165, 1.54) is 0 Å². The van der Waals surface area contributed by atoms with E-state index in [1.807, 2.05) is 24.3 Å². The smallest absolute Gasteiger partial charge is 0.252 e. The van der Waals surface area contributed by atoms with Gasteiger partial charge in [0, 0.05) is 31.2 Å². The third kappa shape index (κ3) is 4.52. The molecule has 0 radical (unpaired) electrons. The number of benzene rings is 2. The largest absolute Gasteiger partial charge is 0.496 e. The van der Waals surface area contributed by atoms with Crippen LogP contribution in [0.1, 0.15) is 31.2 Å². The lowest BCUT2D eigenvalue weighted by atomic mass is 9.88. The quantitative estimate of drug-likeness (QED) is 0.793. The summed E-state index contributed by atoms with van der Waals surface area (Å²) in [5.41, 5.74) is 2.48. The van der Waals surface area contributed by atoms with E-state index in [-0.39, 0.29) is 11.9 Å². The van der Waals surface area contributed by atoms with Gasteiger partial charge in [-0.3, -0.25) is 4.79 Å². The lowest BCUT2D eigenvalue weighted by Crippen LogP contribution is -2.54. The molecule has 2 aliphatic heterocycles. The molecular formula is C25H32N2O3. The first-order valence-corrected chi connectivity index (χ1v) is 11.0. The van der Waals surface area contributed by atoms with Crippen LogP contribution in [0.4, 0.5) is 0 Å². The summed E-state index contributed by atoms with van der Waals surface area (Å²) in [6.07, 6.45) is 4.43. The SMILES string of the molecule is COc1ccccc1-c1cccc(C[C@]2(C(=O)N[C@H]3CCCN(C)C3)CCCO2)c1. The van der Waals surface area contributed by atoms with Crippen molar-refractivity contribution in [3.63, 3.8) is 0 Å². The summed E-state index contributed by atoms with van der Waals surface area (Å²) in [4.78, 5) is 15.6. The van der Waals surface area contributed by atoms with Crippen LogP contribution in [0.25, 0.3) is 11.1 Å². The summed E-state index contributed by atoms with van der Waals surface area (Å²) in [7, 11) is 3.81. The molecule has 2 saturated heterocycles. The summed E-state index contributed by atoms with van der Waals surface area (Å²) in [6, 6.07) is 16.6. The van der Waals surface area contributed by atoms with Gasteiger partial charge in [-0.15, -0.1) is 0 Å². The molecule has 0 unspecified atom stereocenters. The summed E-state index contributed by atoms with van der Waals surface area (Å²) < 4.78 is 11.6. The second-order valence-corrected chi connectivity index (χ2v) is 8.60. The number of piperidine rings is 1. The zero-order valence-electron chi connectivity index (χ0n) is 18.0. The maximum absolute atomic E-state index is 13.3. The van der Waals surface area contributed by atoms with Crippen molar-refractivity contribution in [1.29, 1.82) is 0 Å². The number of carbonyl (C=O) groups excluding carboxylic acids is 1. The standard InChI is InChI=1S/C25H32N2O3/c1-27-14-6-10-21(18-27)26-24(28)25(13-7-15-30-25)17-19-8-5-9-20(16-19)22-11-3-4-12-23(22)29-2/h3-5,8-9,11-12,16,21H,6-7,10,13-15,17-18H2,1-2H3,(H,26,28)/t21-,25-/m0/s1. The Bertz CT molecular complexity index is 876. The fourth-order valence-corrected chi connectivity index (χ4v) is 4.76. The van der Waals surface area contributed by atoms with E-state index >= 15 is 0 Å². The third-order valence-corrected chi connectivity index (χ3v) is 6.31. The number of nitrogens with one attached hydrogen (secondary N) is 1. The molecule has 0 aromatic heterocycles. The maximum atomic E-state index is 13.3. The highest BCUT2D eigenvalue weighted by molar-refractivity contribution is 5.86. The van der Waals surface area contributed by atoms with Crippen LogP contribution < -0.4 is 10.1 Å². The molecular weight excluding hydrogens is 376 g/mol. The molecule has 5 heteroatoms. The normalized spacial score (nSPS) is 24.5. The monoisotopic (exact) mass is 408 g/mol. The second kappa shape index (κ2) is 9.19. The van der Waals surface area contributed by atoms with Crippen LogP contribution in [0.15, 0.2) is 48.5 Å². The van der Waals surface area contributed by atoms with E-state index in [4.69, 9.17) is 9.47 Å². The molecule has 160 valence electrons. The van der Waals surface area contributed by atoms with Crippen LogP contribution >= 0.6 is 0 Å². The molecule has 2 heterocycles. The number of carbonyl (C=O) groups is 1. The van der Waals surface area contributed by atoms with E-state index in [2.05, 4.69) is 41.5 Å². The third-order valence-electron chi connectivity index (χ3n) is 6.31. The number of para-hydroxylation sites is 1.